The molecule has 0 unspecified atom stereocenters. The Kier molecular flexibility index (Phi) is 9.37. The Morgan fingerprint density at radius 2 is 1.81 bits per heavy atom. The van der Waals surface area contributed by atoms with Crippen LogP contribution in [0.15, 0.2) is 45.7 Å². The van der Waals surface area contributed by atoms with E-state index in [-0.39, 0.29) is 40.7 Å². The molecule has 2 heterocycles. The maximum atomic E-state index is 12.9. The van der Waals surface area contributed by atoms with Gasteiger partial charge in [-0.15, -0.1) is 0 Å². The maximum absolute atomic E-state index is 12.9. The predicted octanol–water partition coefficient (Wildman–Crippen LogP) is 7.92. The highest BCUT2D eigenvalue weighted by Crippen LogP contribution is 2.64. The first-order chi connectivity index (χ1) is 19.6. The standard InChI is InChI=1S/C36H52O6/c1-10-22(2)13-11-12-14-31(37)41-29-17-20-36(9)28-16-15-23(3)27(21-26-32(38)24(4)25(5)40-33(26)39)35(28,8)19-18-30(36)42-34(29,6)7/h11-14,22,27-30,38H,3,10,15-21H2,1-2,4-9H3/b13-11+,14-12+/t22-,27+,28+,29-,30+,35+,36+/m0/s1. The summed E-state index contributed by atoms with van der Waals surface area (Å²) < 4.78 is 18.4. The van der Waals surface area contributed by atoms with E-state index in [0.29, 0.717) is 35.1 Å². The summed E-state index contributed by atoms with van der Waals surface area (Å²) in [4.78, 5) is 25.7. The molecule has 1 aromatic heterocycles. The monoisotopic (exact) mass is 580 g/mol. The number of aryl methyl sites for hydroxylation is 1. The van der Waals surface area contributed by atoms with E-state index < -0.39 is 11.2 Å². The second-order valence-corrected chi connectivity index (χ2v) is 14.3. The SMILES string of the molecule is C=C1CC[C@@H]2[C@](C)(CC[C@H]3OC(C)(C)[C@@H](OC(=O)/C=C/C=C/[C@@H](C)CC)CC[C@]23C)[C@@H]1Cc1c(O)c(C)c(C)oc1=O. The van der Waals surface area contributed by atoms with Gasteiger partial charge in [0.2, 0.25) is 0 Å². The number of aromatic hydroxyl groups is 1. The summed E-state index contributed by atoms with van der Waals surface area (Å²) in [5.74, 6) is 1.00. The zero-order valence-electron chi connectivity index (χ0n) is 27.0. The summed E-state index contributed by atoms with van der Waals surface area (Å²) in [6.45, 7) is 21.0. The number of hydrogen-bond donors (Lipinski definition) is 1. The molecule has 4 rings (SSSR count). The second-order valence-electron chi connectivity index (χ2n) is 14.3. The lowest BCUT2D eigenvalue weighted by atomic mass is 9.45. The highest BCUT2D eigenvalue weighted by Gasteiger charge is 2.60. The molecule has 6 nitrogen and oxygen atoms in total. The number of allylic oxidation sites excluding steroid dienone is 4. The van der Waals surface area contributed by atoms with Crippen LogP contribution < -0.4 is 5.63 Å². The number of ether oxygens (including phenoxy) is 2. The van der Waals surface area contributed by atoms with Crippen molar-refractivity contribution in [1.29, 1.82) is 0 Å². The van der Waals surface area contributed by atoms with Gasteiger partial charge < -0.3 is 19.0 Å². The van der Waals surface area contributed by atoms with Gasteiger partial charge in [0.05, 0.1) is 17.3 Å². The number of carbonyl (C=O) groups excluding carboxylic acids is 1. The van der Waals surface area contributed by atoms with Crippen molar-refractivity contribution in [2.75, 3.05) is 0 Å². The largest absolute Gasteiger partial charge is 0.507 e. The van der Waals surface area contributed by atoms with Crippen molar-refractivity contribution in [1.82, 2.24) is 0 Å². The van der Waals surface area contributed by atoms with Crippen LogP contribution in [0.2, 0.25) is 0 Å². The molecule has 3 fully saturated rings. The lowest BCUT2D eigenvalue weighted by Crippen LogP contribution is -2.57. The summed E-state index contributed by atoms with van der Waals surface area (Å²) in [5.41, 5.74) is 0.794. The fourth-order valence-corrected chi connectivity index (χ4v) is 8.16. The van der Waals surface area contributed by atoms with Gasteiger partial charge in [-0.1, -0.05) is 64.5 Å². The number of fused-ring (bicyclic) bond motifs is 3. The Morgan fingerprint density at radius 1 is 1.12 bits per heavy atom. The summed E-state index contributed by atoms with van der Waals surface area (Å²) >= 11 is 0. The Balaban J connectivity index is 1.57. The van der Waals surface area contributed by atoms with Gasteiger partial charge in [-0.25, -0.2) is 9.59 Å². The van der Waals surface area contributed by atoms with Crippen molar-refractivity contribution in [3.63, 3.8) is 0 Å². The summed E-state index contributed by atoms with van der Waals surface area (Å²) in [6.07, 6.45) is 13.7. The number of hydrogen-bond acceptors (Lipinski definition) is 6. The van der Waals surface area contributed by atoms with E-state index in [1.165, 1.54) is 6.08 Å². The Bertz CT molecular complexity index is 1300. The van der Waals surface area contributed by atoms with Crippen molar-refractivity contribution in [2.45, 2.75) is 125 Å². The molecule has 0 radical (unpaired) electrons. The van der Waals surface area contributed by atoms with Gasteiger partial charge in [-0.2, -0.15) is 0 Å². The lowest BCUT2D eigenvalue weighted by Gasteiger charge is -2.61. The second kappa shape index (κ2) is 12.2. The van der Waals surface area contributed by atoms with Crippen molar-refractivity contribution >= 4 is 5.97 Å². The minimum Gasteiger partial charge on any atom is -0.507 e. The molecule has 1 aliphatic heterocycles. The van der Waals surface area contributed by atoms with Crippen LogP contribution in [-0.4, -0.2) is 28.9 Å². The van der Waals surface area contributed by atoms with Gasteiger partial charge in [-0.05, 0) is 101 Å². The van der Waals surface area contributed by atoms with Crippen LogP contribution in [0, 0.1) is 42.4 Å². The Hall–Kier alpha value is -2.60. The number of esters is 1. The minimum atomic E-state index is -0.617. The highest BCUT2D eigenvalue weighted by molar-refractivity contribution is 5.82. The van der Waals surface area contributed by atoms with Crippen molar-refractivity contribution in [3.05, 3.63) is 63.8 Å². The molecule has 0 spiro atoms. The van der Waals surface area contributed by atoms with Crippen LogP contribution in [0.5, 0.6) is 5.75 Å². The van der Waals surface area contributed by atoms with Crippen LogP contribution in [-0.2, 0) is 20.7 Å². The lowest BCUT2D eigenvalue weighted by molar-refractivity contribution is -0.204. The van der Waals surface area contributed by atoms with E-state index >= 15 is 0 Å². The quantitative estimate of drug-likeness (QED) is 0.153. The normalized spacial score (nSPS) is 33.7. The third-order valence-electron chi connectivity index (χ3n) is 11.2. The van der Waals surface area contributed by atoms with E-state index in [4.69, 9.17) is 13.9 Å². The predicted molar refractivity (Wildman–Crippen MR) is 166 cm³/mol. The van der Waals surface area contributed by atoms with E-state index in [9.17, 15) is 14.7 Å². The molecule has 2 saturated carbocycles. The minimum absolute atomic E-state index is 0.0374. The van der Waals surface area contributed by atoms with E-state index in [1.807, 2.05) is 19.9 Å². The zero-order valence-corrected chi connectivity index (χ0v) is 27.0. The molecule has 1 aromatic rings. The van der Waals surface area contributed by atoms with Gasteiger partial charge in [0.25, 0.3) is 0 Å². The molecule has 2 aliphatic carbocycles. The molecular formula is C36H52O6. The first kappa shape index (κ1) is 32.3. The van der Waals surface area contributed by atoms with Crippen LogP contribution in [0.1, 0.15) is 103 Å². The van der Waals surface area contributed by atoms with Gasteiger partial charge in [0.1, 0.15) is 17.6 Å². The summed E-state index contributed by atoms with van der Waals surface area (Å²) in [5, 5.41) is 10.9. The van der Waals surface area contributed by atoms with Gasteiger partial charge in [-0.3, -0.25) is 0 Å². The van der Waals surface area contributed by atoms with Crippen molar-refractivity contribution in [2.24, 2.45) is 28.6 Å². The maximum Gasteiger partial charge on any atom is 0.342 e. The summed E-state index contributed by atoms with van der Waals surface area (Å²) in [7, 11) is 0. The first-order valence-corrected chi connectivity index (χ1v) is 15.9. The van der Waals surface area contributed by atoms with Gasteiger partial charge >= 0.3 is 11.6 Å². The molecule has 1 saturated heterocycles. The molecular weight excluding hydrogens is 528 g/mol. The zero-order chi connectivity index (χ0) is 31.0. The Morgan fingerprint density at radius 3 is 2.50 bits per heavy atom. The van der Waals surface area contributed by atoms with Crippen LogP contribution in [0.4, 0.5) is 0 Å². The molecule has 3 aliphatic rings. The van der Waals surface area contributed by atoms with Crippen LogP contribution in [0.3, 0.4) is 0 Å². The average Bonchev–Trinajstić information content (AvgIpc) is 3.02. The fourth-order valence-electron chi connectivity index (χ4n) is 8.16. The fraction of sp³-hybridized carbons (Fsp3) is 0.667. The van der Waals surface area contributed by atoms with Crippen LogP contribution in [0.25, 0.3) is 0 Å². The highest BCUT2D eigenvalue weighted by atomic mass is 16.6. The van der Waals surface area contributed by atoms with Gasteiger partial charge in [0.15, 0.2) is 0 Å². The molecule has 0 bridgehead atoms. The van der Waals surface area contributed by atoms with E-state index in [1.54, 1.807) is 19.9 Å². The van der Waals surface area contributed by atoms with E-state index in [0.717, 1.165) is 50.5 Å². The number of rotatable bonds is 7. The van der Waals surface area contributed by atoms with Crippen molar-refractivity contribution in [3.8, 4) is 5.75 Å². The molecule has 0 amide bonds. The molecule has 42 heavy (non-hydrogen) atoms. The number of carbonyl (C=O) groups is 1. The third-order valence-corrected chi connectivity index (χ3v) is 11.2. The summed E-state index contributed by atoms with van der Waals surface area (Å²) in [6, 6.07) is 0. The van der Waals surface area contributed by atoms with Gasteiger partial charge in [0, 0.05) is 11.6 Å². The Labute approximate surface area is 252 Å². The molecule has 232 valence electrons. The molecule has 6 heteroatoms. The van der Waals surface area contributed by atoms with Crippen molar-refractivity contribution < 1.29 is 23.8 Å². The first-order valence-electron chi connectivity index (χ1n) is 15.9. The molecule has 0 aromatic carbocycles. The molecule has 7 atom stereocenters. The smallest absolute Gasteiger partial charge is 0.342 e. The third kappa shape index (κ3) is 6.06. The average molecular weight is 581 g/mol. The molecule has 1 N–H and O–H groups in total. The van der Waals surface area contributed by atoms with Crippen LogP contribution >= 0.6 is 0 Å². The van der Waals surface area contributed by atoms with E-state index in [2.05, 4.69) is 40.3 Å². The topological polar surface area (TPSA) is 86.0 Å².